The zero-order valence-corrected chi connectivity index (χ0v) is 12.4. The van der Waals surface area contributed by atoms with Crippen molar-refractivity contribution >= 4 is 11.6 Å². The van der Waals surface area contributed by atoms with Crippen LogP contribution >= 0.6 is 0 Å². The Hall–Kier alpha value is -1.32. The van der Waals surface area contributed by atoms with Crippen molar-refractivity contribution in [3.8, 4) is 0 Å². The molecule has 1 aromatic rings. The molecule has 106 valence electrons. The number of nitrogens with one attached hydrogen (secondary N) is 2. The van der Waals surface area contributed by atoms with E-state index in [1.54, 1.807) is 0 Å². The van der Waals surface area contributed by atoms with E-state index in [2.05, 4.69) is 41.4 Å². The molecule has 0 saturated heterocycles. The summed E-state index contributed by atoms with van der Waals surface area (Å²) >= 11 is 0. The molecule has 1 saturated carbocycles. The quantitative estimate of drug-likeness (QED) is 0.788. The third kappa shape index (κ3) is 3.37. The highest BCUT2D eigenvalue weighted by Gasteiger charge is 2.35. The van der Waals surface area contributed by atoms with Gasteiger partial charge in [-0.3, -0.25) is 0 Å². The SMILES string of the molecule is CCCNc1cc(NC2(CC)CCC2)nc(CC)n1. The topological polar surface area (TPSA) is 49.8 Å². The number of hydrogen-bond acceptors (Lipinski definition) is 4. The molecule has 19 heavy (non-hydrogen) atoms. The van der Waals surface area contributed by atoms with Crippen LogP contribution in [0, 0.1) is 0 Å². The summed E-state index contributed by atoms with van der Waals surface area (Å²) in [6.07, 6.45) is 6.98. The summed E-state index contributed by atoms with van der Waals surface area (Å²) in [5, 5.41) is 7.00. The minimum atomic E-state index is 0.279. The fourth-order valence-corrected chi connectivity index (χ4v) is 2.51. The largest absolute Gasteiger partial charge is 0.370 e. The maximum absolute atomic E-state index is 4.61. The van der Waals surface area contributed by atoms with Crippen molar-refractivity contribution in [1.29, 1.82) is 0 Å². The predicted octanol–water partition coefficient (Wildman–Crippen LogP) is 3.61. The van der Waals surface area contributed by atoms with Crippen LogP contribution in [0.25, 0.3) is 0 Å². The smallest absolute Gasteiger partial charge is 0.132 e. The fourth-order valence-electron chi connectivity index (χ4n) is 2.51. The Kier molecular flexibility index (Phi) is 4.61. The number of aryl methyl sites for hydroxylation is 1. The maximum atomic E-state index is 4.61. The van der Waals surface area contributed by atoms with Gasteiger partial charge in [-0.2, -0.15) is 0 Å². The lowest BCUT2D eigenvalue weighted by Crippen LogP contribution is -2.44. The first-order chi connectivity index (χ1) is 9.21. The highest BCUT2D eigenvalue weighted by molar-refractivity contribution is 5.49. The molecule has 1 aromatic heterocycles. The van der Waals surface area contributed by atoms with Gasteiger partial charge in [0, 0.05) is 24.6 Å². The zero-order valence-electron chi connectivity index (χ0n) is 12.4. The van der Waals surface area contributed by atoms with Gasteiger partial charge in [-0.25, -0.2) is 9.97 Å². The molecule has 1 heterocycles. The normalized spacial score (nSPS) is 16.8. The molecule has 4 heteroatoms. The van der Waals surface area contributed by atoms with Gasteiger partial charge in [-0.05, 0) is 32.1 Å². The van der Waals surface area contributed by atoms with Crippen LogP contribution in [0.1, 0.15) is 58.7 Å². The van der Waals surface area contributed by atoms with E-state index in [9.17, 15) is 0 Å². The highest BCUT2D eigenvalue weighted by atomic mass is 15.1. The minimum Gasteiger partial charge on any atom is -0.370 e. The Morgan fingerprint density at radius 1 is 1.16 bits per heavy atom. The highest BCUT2D eigenvalue weighted by Crippen LogP contribution is 2.37. The number of anilines is 2. The van der Waals surface area contributed by atoms with Crippen LogP contribution in [0.2, 0.25) is 0 Å². The lowest BCUT2D eigenvalue weighted by molar-refractivity contribution is 0.268. The molecule has 0 unspecified atom stereocenters. The van der Waals surface area contributed by atoms with E-state index >= 15 is 0 Å². The lowest BCUT2D eigenvalue weighted by Gasteiger charge is -2.42. The van der Waals surface area contributed by atoms with Crippen molar-refractivity contribution in [1.82, 2.24) is 9.97 Å². The second-order valence-electron chi connectivity index (χ2n) is 5.45. The monoisotopic (exact) mass is 262 g/mol. The summed E-state index contributed by atoms with van der Waals surface area (Å²) in [4.78, 5) is 9.14. The van der Waals surface area contributed by atoms with Crippen LogP contribution < -0.4 is 10.6 Å². The molecule has 0 radical (unpaired) electrons. The van der Waals surface area contributed by atoms with Gasteiger partial charge in [-0.15, -0.1) is 0 Å². The second-order valence-corrected chi connectivity index (χ2v) is 5.45. The standard InChI is InChI=1S/C15H26N4/c1-4-10-16-13-11-14(18-12(5-2)17-13)19-15(6-3)8-7-9-15/h11H,4-10H2,1-3H3,(H2,16,17,18,19). The molecule has 1 aliphatic carbocycles. The number of nitrogens with zero attached hydrogens (tertiary/aromatic N) is 2. The molecule has 1 aliphatic rings. The average Bonchev–Trinajstić information content (AvgIpc) is 2.40. The van der Waals surface area contributed by atoms with Crippen LogP contribution in [0.15, 0.2) is 6.07 Å². The van der Waals surface area contributed by atoms with E-state index in [1.165, 1.54) is 19.3 Å². The molecular weight excluding hydrogens is 236 g/mol. The minimum absolute atomic E-state index is 0.279. The summed E-state index contributed by atoms with van der Waals surface area (Å²) in [5.74, 6) is 2.84. The molecule has 2 N–H and O–H groups in total. The first-order valence-corrected chi connectivity index (χ1v) is 7.61. The average molecular weight is 262 g/mol. The summed E-state index contributed by atoms with van der Waals surface area (Å²) in [7, 11) is 0. The van der Waals surface area contributed by atoms with Gasteiger partial charge in [0.2, 0.25) is 0 Å². The maximum Gasteiger partial charge on any atom is 0.132 e. The summed E-state index contributed by atoms with van der Waals surface area (Å²) in [5.41, 5.74) is 0.279. The van der Waals surface area contributed by atoms with Gasteiger partial charge in [-0.1, -0.05) is 20.8 Å². The van der Waals surface area contributed by atoms with Gasteiger partial charge >= 0.3 is 0 Å². The zero-order chi connectivity index (χ0) is 13.7. The first-order valence-electron chi connectivity index (χ1n) is 7.61. The molecule has 0 aromatic carbocycles. The van der Waals surface area contributed by atoms with Crippen molar-refractivity contribution in [2.45, 2.75) is 64.8 Å². The van der Waals surface area contributed by atoms with E-state index in [4.69, 9.17) is 0 Å². The van der Waals surface area contributed by atoms with Crippen LogP contribution in [0.4, 0.5) is 11.6 Å². The summed E-state index contributed by atoms with van der Waals surface area (Å²) in [6, 6.07) is 2.05. The van der Waals surface area contributed by atoms with Gasteiger partial charge in [0.1, 0.15) is 17.5 Å². The third-order valence-electron chi connectivity index (χ3n) is 4.03. The molecule has 0 atom stereocenters. The van der Waals surface area contributed by atoms with Gasteiger partial charge in [0.25, 0.3) is 0 Å². The van der Waals surface area contributed by atoms with Gasteiger partial charge in [0.05, 0.1) is 0 Å². The number of rotatable bonds is 7. The van der Waals surface area contributed by atoms with E-state index in [0.29, 0.717) is 0 Å². The van der Waals surface area contributed by atoms with Crippen molar-refractivity contribution < 1.29 is 0 Å². The number of hydrogen-bond donors (Lipinski definition) is 2. The van der Waals surface area contributed by atoms with Crippen LogP contribution in [-0.4, -0.2) is 22.1 Å². The Morgan fingerprint density at radius 2 is 1.89 bits per heavy atom. The molecular formula is C15H26N4. The molecule has 2 rings (SSSR count). The Labute approximate surface area is 116 Å². The van der Waals surface area contributed by atoms with E-state index in [-0.39, 0.29) is 5.54 Å². The van der Waals surface area contributed by atoms with Crippen LogP contribution in [0.3, 0.4) is 0 Å². The number of aromatic nitrogens is 2. The summed E-state index contributed by atoms with van der Waals surface area (Å²) in [6.45, 7) is 7.47. The van der Waals surface area contributed by atoms with Crippen molar-refractivity contribution in [3.05, 3.63) is 11.9 Å². The van der Waals surface area contributed by atoms with Crippen molar-refractivity contribution in [3.63, 3.8) is 0 Å². The molecule has 4 nitrogen and oxygen atoms in total. The molecule has 0 bridgehead atoms. The van der Waals surface area contributed by atoms with Crippen LogP contribution in [-0.2, 0) is 6.42 Å². The molecule has 0 spiro atoms. The van der Waals surface area contributed by atoms with E-state index < -0.39 is 0 Å². The Bertz CT molecular complexity index is 407. The van der Waals surface area contributed by atoms with E-state index in [0.717, 1.165) is 43.3 Å². The molecule has 1 fully saturated rings. The van der Waals surface area contributed by atoms with Crippen molar-refractivity contribution in [2.24, 2.45) is 0 Å². The van der Waals surface area contributed by atoms with Gasteiger partial charge in [0.15, 0.2) is 0 Å². The van der Waals surface area contributed by atoms with Crippen molar-refractivity contribution in [2.75, 3.05) is 17.2 Å². The first kappa shape index (κ1) is 14.1. The Morgan fingerprint density at radius 3 is 2.42 bits per heavy atom. The second kappa shape index (κ2) is 6.22. The predicted molar refractivity (Wildman–Crippen MR) is 80.7 cm³/mol. The lowest BCUT2D eigenvalue weighted by atomic mass is 9.75. The molecule has 0 aliphatic heterocycles. The van der Waals surface area contributed by atoms with Gasteiger partial charge < -0.3 is 10.6 Å². The third-order valence-corrected chi connectivity index (χ3v) is 4.03. The fraction of sp³-hybridized carbons (Fsp3) is 0.733. The molecule has 0 amide bonds. The summed E-state index contributed by atoms with van der Waals surface area (Å²) < 4.78 is 0. The van der Waals surface area contributed by atoms with E-state index in [1.807, 2.05) is 6.07 Å². The van der Waals surface area contributed by atoms with Crippen LogP contribution in [0.5, 0.6) is 0 Å². The Balaban J connectivity index is 2.14.